The van der Waals surface area contributed by atoms with Crippen molar-refractivity contribution in [3.63, 3.8) is 0 Å². The smallest absolute Gasteiger partial charge is 0.356 e. The maximum atomic E-state index is 12.6. The molecule has 0 aromatic carbocycles. The third kappa shape index (κ3) is 5.16. The number of amides is 1. The highest BCUT2D eigenvalue weighted by atomic mass is 19.4. The second-order valence-electron chi connectivity index (χ2n) is 6.32. The molecule has 1 saturated carbocycles. The minimum atomic E-state index is -4.10. The van der Waals surface area contributed by atoms with Gasteiger partial charge in [-0.1, -0.05) is 6.42 Å². The quantitative estimate of drug-likeness (QED) is 0.838. The molecule has 0 radical (unpaired) electrons. The Kier molecular flexibility index (Phi) is 5.90. The average molecular weight is 306 g/mol. The molecular formula is C15H25F3N2O. The van der Waals surface area contributed by atoms with Crippen LogP contribution in [0.25, 0.3) is 0 Å². The van der Waals surface area contributed by atoms with Gasteiger partial charge in [0.15, 0.2) is 0 Å². The molecule has 122 valence electrons. The molecule has 2 rings (SSSR count). The van der Waals surface area contributed by atoms with Crippen molar-refractivity contribution in [2.75, 3.05) is 13.1 Å². The topological polar surface area (TPSA) is 41.1 Å². The normalized spacial score (nSPS) is 30.9. The number of carbonyl (C=O) groups is 1. The molecule has 1 saturated heterocycles. The molecule has 2 aliphatic rings. The summed E-state index contributed by atoms with van der Waals surface area (Å²) in [5.74, 6) is -1.51. The van der Waals surface area contributed by atoms with Crippen molar-refractivity contribution >= 4 is 5.91 Å². The fourth-order valence-corrected chi connectivity index (χ4v) is 3.37. The van der Waals surface area contributed by atoms with Gasteiger partial charge in [0.25, 0.3) is 0 Å². The Balaban J connectivity index is 1.63. The molecule has 1 atom stereocenters. The van der Waals surface area contributed by atoms with Crippen molar-refractivity contribution in [2.45, 2.75) is 63.6 Å². The van der Waals surface area contributed by atoms with Crippen LogP contribution in [0.4, 0.5) is 13.2 Å². The lowest BCUT2D eigenvalue weighted by atomic mass is 9.81. The van der Waals surface area contributed by atoms with Gasteiger partial charge in [0.2, 0.25) is 5.91 Å². The average Bonchev–Trinajstić information content (AvgIpc) is 2.47. The molecule has 1 aliphatic heterocycles. The van der Waals surface area contributed by atoms with Gasteiger partial charge in [0.1, 0.15) is 0 Å². The lowest BCUT2D eigenvalue weighted by molar-refractivity contribution is -0.184. The van der Waals surface area contributed by atoms with E-state index >= 15 is 0 Å². The maximum Gasteiger partial charge on any atom is 0.391 e. The second kappa shape index (κ2) is 7.47. The van der Waals surface area contributed by atoms with Crippen LogP contribution < -0.4 is 10.6 Å². The first kappa shape index (κ1) is 16.6. The zero-order chi connectivity index (χ0) is 15.3. The standard InChI is InChI=1S/C15H25F3N2O/c16-15(17,18)12-6-4-11(5-7-12)14(21)20-10-8-13-3-1-2-9-19-13/h11-13,19H,1-10H2,(H,20,21). The Labute approximate surface area is 124 Å². The Morgan fingerprint density at radius 1 is 1.10 bits per heavy atom. The van der Waals surface area contributed by atoms with E-state index in [4.69, 9.17) is 0 Å². The number of hydrogen-bond donors (Lipinski definition) is 2. The second-order valence-corrected chi connectivity index (χ2v) is 6.32. The summed E-state index contributed by atoms with van der Waals surface area (Å²) >= 11 is 0. The SMILES string of the molecule is O=C(NCCC1CCCCN1)C1CCC(C(F)(F)F)CC1. The summed E-state index contributed by atoms with van der Waals surface area (Å²) in [6, 6.07) is 0.472. The van der Waals surface area contributed by atoms with E-state index in [0.29, 0.717) is 25.4 Å². The van der Waals surface area contributed by atoms with Gasteiger partial charge in [-0.05, 0) is 51.5 Å². The van der Waals surface area contributed by atoms with Crippen LogP contribution in [0, 0.1) is 11.8 Å². The van der Waals surface area contributed by atoms with E-state index in [1.807, 2.05) is 0 Å². The van der Waals surface area contributed by atoms with E-state index in [0.717, 1.165) is 19.4 Å². The van der Waals surface area contributed by atoms with Gasteiger partial charge in [-0.3, -0.25) is 4.79 Å². The molecule has 1 heterocycles. The highest BCUT2D eigenvalue weighted by Gasteiger charge is 2.42. The van der Waals surface area contributed by atoms with E-state index in [2.05, 4.69) is 10.6 Å². The van der Waals surface area contributed by atoms with E-state index in [9.17, 15) is 18.0 Å². The predicted molar refractivity (Wildman–Crippen MR) is 74.8 cm³/mol. The number of nitrogens with one attached hydrogen (secondary N) is 2. The van der Waals surface area contributed by atoms with Crippen molar-refractivity contribution in [2.24, 2.45) is 11.8 Å². The molecule has 21 heavy (non-hydrogen) atoms. The summed E-state index contributed by atoms with van der Waals surface area (Å²) in [5.41, 5.74) is 0. The van der Waals surface area contributed by atoms with Gasteiger partial charge >= 0.3 is 6.18 Å². The molecule has 2 fully saturated rings. The summed E-state index contributed by atoms with van der Waals surface area (Å²) < 4.78 is 37.7. The van der Waals surface area contributed by atoms with Gasteiger partial charge in [-0.25, -0.2) is 0 Å². The van der Waals surface area contributed by atoms with Gasteiger partial charge in [-0.2, -0.15) is 13.2 Å². The van der Waals surface area contributed by atoms with Gasteiger partial charge in [-0.15, -0.1) is 0 Å². The summed E-state index contributed by atoms with van der Waals surface area (Å²) in [5, 5.41) is 6.31. The largest absolute Gasteiger partial charge is 0.391 e. The van der Waals surface area contributed by atoms with Crippen LogP contribution in [0.2, 0.25) is 0 Å². The van der Waals surface area contributed by atoms with Crippen molar-refractivity contribution in [1.29, 1.82) is 0 Å². The van der Waals surface area contributed by atoms with E-state index in [1.54, 1.807) is 0 Å². The monoisotopic (exact) mass is 306 g/mol. The minimum absolute atomic E-state index is 0.0635. The van der Waals surface area contributed by atoms with Gasteiger partial charge in [0.05, 0.1) is 5.92 Å². The zero-order valence-corrected chi connectivity index (χ0v) is 12.3. The number of piperidine rings is 1. The Bertz CT molecular complexity index is 332. The Hall–Kier alpha value is -0.780. The highest BCUT2D eigenvalue weighted by Crippen LogP contribution is 2.39. The predicted octanol–water partition coefficient (Wildman–Crippen LogP) is 3.00. The molecule has 1 amide bonds. The van der Waals surface area contributed by atoms with Crippen molar-refractivity contribution in [3.8, 4) is 0 Å². The third-order valence-electron chi connectivity index (χ3n) is 4.77. The molecule has 6 heteroatoms. The van der Waals surface area contributed by atoms with Gasteiger partial charge in [0, 0.05) is 18.5 Å². The van der Waals surface area contributed by atoms with Crippen LogP contribution in [0.3, 0.4) is 0 Å². The number of rotatable bonds is 4. The van der Waals surface area contributed by atoms with Gasteiger partial charge < -0.3 is 10.6 Å². The third-order valence-corrected chi connectivity index (χ3v) is 4.77. The van der Waals surface area contributed by atoms with E-state index in [-0.39, 0.29) is 24.7 Å². The first-order chi connectivity index (χ1) is 9.97. The number of alkyl halides is 3. The molecule has 1 unspecified atom stereocenters. The summed E-state index contributed by atoms with van der Waals surface area (Å²) in [4.78, 5) is 12.0. The highest BCUT2D eigenvalue weighted by molar-refractivity contribution is 5.78. The first-order valence-electron chi connectivity index (χ1n) is 8.04. The fraction of sp³-hybridized carbons (Fsp3) is 0.933. The lowest BCUT2D eigenvalue weighted by Gasteiger charge is -2.29. The van der Waals surface area contributed by atoms with Crippen LogP contribution in [-0.4, -0.2) is 31.2 Å². The molecule has 2 N–H and O–H groups in total. The zero-order valence-electron chi connectivity index (χ0n) is 12.3. The van der Waals surface area contributed by atoms with Crippen LogP contribution >= 0.6 is 0 Å². The summed E-state index contributed by atoms with van der Waals surface area (Å²) in [6.07, 6.45) is 1.29. The molecular weight excluding hydrogens is 281 g/mol. The van der Waals surface area contributed by atoms with Crippen molar-refractivity contribution in [3.05, 3.63) is 0 Å². The van der Waals surface area contributed by atoms with Crippen LogP contribution in [0.5, 0.6) is 0 Å². The van der Waals surface area contributed by atoms with Crippen LogP contribution in [0.15, 0.2) is 0 Å². The molecule has 0 spiro atoms. The summed E-state index contributed by atoms with van der Waals surface area (Å²) in [6.45, 7) is 1.66. The van der Waals surface area contributed by atoms with Crippen molar-refractivity contribution < 1.29 is 18.0 Å². The Morgan fingerprint density at radius 3 is 2.38 bits per heavy atom. The number of hydrogen-bond acceptors (Lipinski definition) is 2. The molecule has 1 aliphatic carbocycles. The molecule has 0 bridgehead atoms. The van der Waals surface area contributed by atoms with Crippen molar-refractivity contribution in [1.82, 2.24) is 10.6 Å². The van der Waals surface area contributed by atoms with Crippen LogP contribution in [-0.2, 0) is 4.79 Å². The minimum Gasteiger partial charge on any atom is -0.356 e. The van der Waals surface area contributed by atoms with E-state index in [1.165, 1.54) is 12.8 Å². The van der Waals surface area contributed by atoms with E-state index < -0.39 is 12.1 Å². The fourth-order valence-electron chi connectivity index (χ4n) is 3.37. The van der Waals surface area contributed by atoms with Crippen LogP contribution in [0.1, 0.15) is 51.4 Å². The summed E-state index contributed by atoms with van der Waals surface area (Å²) in [7, 11) is 0. The number of carbonyl (C=O) groups excluding carboxylic acids is 1. The first-order valence-corrected chi connectivity index (χ1v) is 8.04. The molecule has 0 aromatic heterocycles. The maximum absolute atomic E-state index is 12.6. The lowest BCUT2D eigenvalue weighted by Crippen LogP contribution is -2.40. The molecule has 3 nitrogen and oxygen atoms in total. The molecule has 0 aromatic rings. The Morgan fingerprint density at radius 2 is 1.81 bits per heavy atom. The number of halogens is 3.